The van der Waals surface area contributed by atoms with Crippen molar-refractivity contribution in [3.8, 4) is 0 Å². The van der Waals surface area contributed by atoms with Crippen LogP contribution in [0.5, 0.6) is 0 Å². The number of rotatable bonds is 6. The lowest BCUT2D eigenvalue weighted by molar-refractivity contribution is 0.0769. The first-order valence-corrected chi connectivity index (χ1v) is 9.60. The molecule has 0 spiro atoms. The largest absolute Gasteiger partial charge is 0.354 e. The summed E-state index contributed by atoms with van der Waals surface area (Å²) in [6.07, 6.45) is 1.77. The lowest BCUT2D eigenvalue weighted by atomic mass is 10.3. The average Bonchev–Trinajstić information content (AvgIpc) is 3.21. The van der Waals surface area contributed by atoms with Gasteiger partial charge in [-0.1, -0.05) is 23.5 Å². The minimum Gasteiger partial charge on any atom is -0.354 e. The van der Waals surface area contributed by atoms with E-state index in [9.17, 15) is 4.79 Å². The number of anilines is 1. The molecule has 0 N–H and O–H groups in total. The number of aromatic nitrogens is 1. The maximum absolute atomic E-state index is 12.8. The number of hydrogen-bond acceptors (Lipinski definition) is 6. The summed E-state index contributed by atoms with van der Waals surface area (Å²) in [4.78, 5) is 24.0. The van der Waals surface area contributed by atoms with Gasteiger partial charge in [0.2, 0.25) is 0 Å². The summed E-state index contributed by atoms with van der Waals surface area (Å²) >= 11 is 4.73. The Morgan fingerprint density at radius 2 is 2.22 bits per heavy atom. The average molecular weight is 364 g/mol. The van der Waals surface area contributed by atoms with E-state index in [2.05, 4.69) is 11.6 Å². The van der Waals surface area contributed by atoms with Gasteiger partial charge in [-0.15, -0.1) is 29.3 Å². The van der Waals surface area contributed by atoms with Gasteiger partial charge in [-0.25, -0.2) is 4.98 Å². The van der Waals surface area contributed by atoms with Crippen molar-refractivity contribution in [2.75, 3.05) is 25.5 Å². The standard InChI is InChI=1S/C16H17N3OS3/c1-4-7-19(10-11-6-5-8-21-11)15(20)13-9-12-14(22-13)17-16(23-12)18(2)3/h4-6,8-9H,1,7,10H2,2-3H3. The van der Waals surface area contributed by atoms with E-state index in [1.807, 2.05) is 47.5 Å². The fraction of sp³-hybridized carbons (Fsp3) is 0.250. The molecule has 0 atom stereocenters. The van der Waals surface area contributed by atoms with Crippen molar-refractivity contribution in [3.05, 3.63) is 46.0 Å². The molecule has 3 rings (SSSR count). The zero-order chi connectivity index (χ0) is 16.4. The molecule has 3 aromatic rings. The van der Waals surface area contributed by atoms with Gasteiger partial charge < -0.3 is 9.80 Å². The van der Waals surface area contributed by atoms with Crippen LogP contribution in [0.2, 0.25) is 0 Å². The Hall–Kier alpha value is -1.70. The number of fused-ring (bicyclic) bond motifs is 1. The minimum atomic E-state index is 0.0416. The van der Waals surface area contributed by atoms with Gasteiger partial charge in [-0.05, 0) is 17.5 Å². The highest BCUT2D eigenvalue weighted by Crippen LogP contribution is 2.34. The normalized spacial score (nSPS) is 10.9. The van der Waals surface area contributed by atoms with Crippen LogP contribution >= 0.6 is 34.0 Å². The van der Waals surface area contributed by atoms with Crippen LogP contribution < -0.4 is 4.90 Å². The van der Waals surface area contributed by atoms with E-state index < -0.39 is 0 Å². The second kappa shape index (κ2) is 6.82. The van der Waals surface area contributed by atoms with E-state index in [4.69, 9.17) is 0 Å². The number of thiazole rings is 1. The van der Waals surface area contributed by atoms with Crippen molar-refractivity contribution in [3.63, 3.8) is 0 Å². The summed E-state index contributed by atoms with van der Waals surface area (Å²) in [5.41, 5.74) is 0. The van der Waals surface area contributed by atoms with E-state index in [1.54, 1.807) is 28.7 Å². The molecule has 4 nitrogen and oxygen atoms in total. The Labute approximate surface area is 147 Å². The fourth-order valence-corrected chi connectivity index (χ4v) is 4.96. The summed E-state index contributed by atoms with van der Waals surface area (Å²) in [5, 5.41) is 2.99. The molecule has 0 saturated heterocycles. The molecule has 3 heterocycles. The van der Waals surface area contributed by atoms with Gasteiger partial charge in [0.25, 0.3) is 5.91 Å². The van der Waals surface area contributed by atoms with Crippen molar-refractivity contribution < 1.29 is 4.79 Å². The molecule has 0 aliphatic heterocycles. The number of hydrogen-bond donors (Lipinski definition) is 0. The van der Waals surface area contributed by atoms with E-state index >= 15 is 0 Å². The summed E-state index contributed by atoms with van der Waals surface area (Å²) in [6, 6.07) is 6.01. The summed E-state index contributed by atoms with van der Waals surface area (Å²) < 4.78 is 1.07. The number of nitrogens with zero attached hydrogens (tertiary/aromatic N) is 3. The van der Waals surface area contributed by atoms with E-state index in [0.29, 0.717) is 13.1 Å². The van der Waals surface area contributed by atoms with Gasteiger partial charge in [-0.3, -0.25) is 4.79 Å². The third-order valence-corrected chi connectivity index (χ3v) is 6.41. The summed E-state index contributed by atoms with van der Waals surface area (Å²) in [7, 11) is 3.95. The number of carbonyl (C=O) groups excluding carboxylic acids is 1. The third-order valence-electron chi connectivity index (χ3n) is 3.23. The molecule has 0 bridgehead atoms. The smallest absolute Gasteiger partial charge is 0.264 e. The summed E-state index contributed by atoms with van der Waals surface area (Å²) in [5.74, 6) is 0.0416. The Kier molecular flexibility index (Phi) is 4.79. The molecule has 0 aliphatic rings. The van der Waals surface area contributed by atoms with Crippen LogP contribution in [0.3, 0.4) is 0 Å². The van der Waals surface area contributed by atoms with Crippen molar-refractivity contribution in [1.29, 1.82) is 0 Å². The minimum absolute atomic E-state index is 0.0416. The van der Waals surface area contributed by atoms with Gasteiger partial charge in [0, 0.05) is 25.5 Å². The molecule has 120 valence electrons. The van der Waals surface area contributed by atoms with Crippen LogP contribution in [0, 0.1) is 0 Å². The Morgan fingerprint density at radius 1 is 1.39 bits per heavy atom. The highest BCUT2D eigenvalue weighted by atomic mass is 32.1. The summed E-state index contributed by atoms with van der Waals surface area (Å²) in [6.45, 7) is 4.92. The van der Waals surface area contributed by atoms with Crippen LogP contribution in [0.4, 0.5) is 5.13 Å². The molecule has 23 heavy (non-hydrogen) atoms. The molecule has 0 aromatic carbocycles. The van der Waals surface area contributed by atoms with Gasteiger partial charge >= 0.3 is 0 Å². The zero-order valence-electron chi connectivity index (χ0n) is 13.0. The molecule has 0 radical (unpaired) electrons. The predicted molar refractivity (Wildman–Crippen MR) is 101 cm³/mol. The van der Waals surface area contributed by atoms with Crippen LogP contribution in [-0.4, -0.2) is 36.4 Å². The quantitative estimate of drug-likeness (QED) is 0.612. The van der Waals surface area contributed by atoms with Gasteiger partial charge in [0.15, 0.2) is 5.13 Å². The fourth-order valence-electron chi connectivity index (χ4n) is 2.14. The van der Waals surface area contributed by atoms with Gasteiger partial charge in [-0.2, -0.15) is 0 Å². The SMILES string of the molecule is C=CCN(Cc1cccs1)C(=O)c1cc2sc(N(C)C)nc2s1. The Morgan fingerprint density at radius 3 is 2.83 bits per heavy atom. The molecular weight excluding hydrogens is 346 g/mol. The maximum atomic E-state index is 12.8. The number of amides is 1. The topological polar surface area (TPSA) is 36.4 Å². The lowest BCUT2D eigenvalue weighted by Crippen LogP contribution is -2.29. The Bertz CT molecular complexity index is 785. The molecule has 1 amide bonds. The van der Waals surface area contributed by atoms with Gasteiger partial charge in [0.1, 0.15) is 4.83 Å². The van der Waals surface area contributed by atoms with Crippen molar-refractivity contribution >= 4 is 54.6 Å². The predicted octanol–water partition coefficient (Wildman–Crippen LogP) is 4.31. The van der Waals surface area contributed by atoms with Crippen LogP contribution in [-0.2, 0) is 6.54 Å². The molecule has 0 saturated carbocycles. The molecule has 0 unspecified atom stereocenters. The van der Waals surface area contributed by atoms with Crippen molar-refractivity contribution in [2.45, 2.75) is 6.54 Å². The monoisotopic (exact) mass is 363 g/mol. The van der Waals surface area contributed by atoms with Crippen LogP contribution in [0.15, 0.2) is 36.2 Å². The molecule has 3 aromatic heterocycles. The third kappa shape index (κ3) is 3.46. The number of carbonyl (C=O) groups is 1. The van der Waals surface area contributed by atoms with Crippen molar-refractivity contribution in [1.82, 2.24) is 9.88 Å². The molecule has 0 aliphatic carbocycles. The van der Waals surface area contributed by atoms with Crippen LogP contribution in [0.1, 0.15) is 14.5 Å². The van der Waals surface area contributed by atoms with Crippen molar-refractivity contribution in [2.24, 2.45) is 0 Å². The highest BCUT2D eigenvalue weighted by molar-refractivity contribution is 7.29. The second-order valence-corrected chi connectivity index (χ2v) is 8.30. The second-order valence-electron chi connectivity index (χ2n) is 5.22. The highest BCUT2D eigenvalue weighted by Gasteiger charge is 2.20. The van der Waals surface area contributed by atoms with E-state index in [1.165, 1.54) is 16.2 Å². The number of thiophene rings is 2. The van der Waals surface area contributed by atoms with E-state index in [-0.39, 0.29) is 5.91 Å². The first kappa shape index (κ1) is 16.2. The maximum Gasteiger partial charge on any atom is 0.264 e. The van der Waals surface area contributed by atoms with Gasteiger partial charge in [0.05, 0.1) is 16.1 Å². The van der Waals surface area contributed by atoms with E-state index in [0.717, 1.165) is 19.5 Å². The lowest BCUT2D eigenvalue weighted by Gasteiger charge is -2.19. The van der Waals surface area contributed by atoms with Crippen LogP contribution in [0.25, 0.3) is 9.53 Å². The molecule has 7 heteroatoms. The first-order chi connectivity index (χ1) is 11.1. The molecule has 0 fully saturated rings. The zero-order valence-corrected chi connectivity index (χ0v) is 15.4. The first-order valence-electron chi connectivity index (χ1n) is 7.08. The molecular formula is C16H17N3OS3. The Balaban J connectivity index is 1.84.